The lowest BCUT2D eigenvalue weighted by molar-refractivity contribution is -0.115. The number of aromatic nitrogens is 4. The maximum Gasteiger partial charge on any atom is 0.239 e. The molecule has 1 amide bonds. The molecule has 9 heteroatoms. The molecule has 2 heterocycles. The normalized spacial score (nSPS) is 11.8. The predicted molar refractivity (Wildman–Crippen MR) is 113 cm³/mol. The summed E-state index contributed by atoms with van der Waals surface area (Å²) in [6, 6.07) is 7.63. The molecule has 1 atom stereocenters. The largest absolute Gasteiger partial charge is 0.496 e. The summed E-state index contributed by atoms with van der Waals surface area (Å²) in [5, 5.41) is 14.2. The van der Waals surface area contributed by atoms with Crippen LogP contribution in [0.3, 0.4) is 0 Å². The molecular formula is C19H21N5O2S2. The zero-order valence-electron chi connectivity index (χ0n) is 15.9. The predicted octanol–water partition coefficient (Wildman–Crippen LogP) is 4.02. The highest BCUT2D eigenvalue weighted by Crippen LogP contribution is 2.32. The van der Waals surface area contributed by atoms with Crippen LogP contribution >= 0.6 is 23.1 Å². The SMILES string of the molecule is C=CCn1c(S[C@H](C)C(=O)Nc2nc(C)cs2)nnc1-c1ccccc1OC. The van der Waals surface area contributed by atoms with Gasteiger partial charge in [-0.1, -0.05) is 30.0 Å². The highest BCUT2D eigenvalue weighted by molar-refractivity contribution is 8.00. The van der Waals surface area contributed by atoms with Crippen molar-refractivity contribution in [3.05, 3.63) is 48.0 Å². The summed E-state index contributed by atoms with van der Waals surface area (Å²) in [5.74, 6) is 1.25. The summed E-state index contributed by atoms with van der Waals surface area (Å²) in [6.45, 7) is 8.06. The van der Waals surface area contributed by atoms with Gasteiger partial charge in [0.15, 0.2) is 16.1 Å². The number of aryl methyl sites for hydroxylation is 1. The summed E-state index contributed by atoms with van der Waals surface area (Å²) >= 11 is 2.74. The maximum absolute atomic E-state index is 12.5. The van der Waals surface area contributed by atoms with E-state index < -0.39 is 0 Å². The average Bonchev–Trinajstić information content (AvgIpc) is 3.28. The van der Waals surface area contributed by atoms with Gasteiger partial charge in [0, 0.05) is 11.9 Å². The molecule has 3 rings (SSSR count). The molecule has 146 valence electrons. The Morgan fingerprint density at radius 2 is 2.21 bits per heavy atom. The summed E-state index contributed by atoms with van der Waals surface area (Å²) in [7, 11) is 1.62. The number of thiazole rings is 1. The Balaban J connectivity index is 1.83. The molecule has 0 saturated carbocycles. The molecule has 0 radical (unpaired) electrons. The number of hydrogen-bond donors (Lipinski definition) is 1. The van der Waals surface area contributed by atoms with E-state index in [1.165, 1.54) is 23.1 Å². The molecule has 0 aliphatic rings. The minimum absolute atomic E-state index is 0.133. The smallest absolute Gasteiger partial charge is 0.239 e. The van der Waals surface area contributed by atoms with Crippen molar-refractivity contribution in [1.82, 2.24) is 19.7 Å². The van der Waals surface area contributed by atoms with E-state index in [9.17, 15) is 4.79 Å². The lowest BCUT2D eigenvalue weighted by Gasteiger charge is -2.13. The van der Waals surface area contributed by atoms with Gasteiger partial charge >= 0.3 is 0 Å². The molecule has 1 aromatic carbocycles. The number of nitrogens with one attached hydrogen (secondary N) is 1. The zero-order valence-corrected chi connectivity index (χ0v) is 17.5. The van der Waals surface area contributed by atoms with Gasteiger partial charge < -0.3 is 10.1 Å². The number of allylic oxidation sites excluding steroid dienone is 1. The van der Waals surface area contributed by atoms with Gasteiger partial charge in [0.1, 0.15) is 5.75 Å². The van der Waals surface area contributed by atoms with Crippen molar-refractivity contribution in [2.45, 2.75) is 30.8 Å². The number of nitrogens with zero attached hydrogens (tertiary/aromatic N) is 4. The van der Waals surface area contributed by atoms with E-state index in [1.807, 2.05) is 48.1 Å². The summed E-state index contributed by atoms with van der Waals surface area (Å²) in [6.07, 6.45) is 1.77. The molecule has 0 spiro atoms. The van der Waals surface area contributed by atoms with E-state index in [1.54, 1.807) is 13.2 Å². The zero-order chi connectivity index (χ0) is 20.1. The number of benzene rings is 1. The summed E-state index contributed by atoms with van der Waals surface area (Å²) in [4.78, 5) is 16.8. The van der Waals surface area contributed by atoms with Gasteiger partial charge in [-0.3, -0.25) is 9.36 Å². The molecule has 0 fully saturated rings. The van der Waals surface area contributed by atoms with Crippen molar-refractivity contribution in [3.8, 4) is 17.1 Å². The number of para-hydroxylation sites is 1. The lowest BCUT2D eigenvalue weighted by Crippen LogP contribution is -2.22. The molecule has 0 bridgehead atoms. The topological polar surface area (TPSA) is 81.9 Å². The van der Waals surface area contributed by atoms with Crippen molar-refractivity contribution < 1.29 is 9.53 Å². The Bertz CT molecular complexity index is 982. The van der Waals surface area contributed by atoms with E-state index in [0.29, 0.717) is 28.4 Å². The Kier molecular flexibility index (Phi) is 6.48. The molecule has 28 heavy (non-hydrogen) atoms. The van der Waals surface area contributed by atoms with E-state index >= 15 is 0 Å². The quantitative estimate of drug-likeness (QED) is 0.442. The van der Waals surface area contributed by atoms with Crippen molar-refractivity contribution in [1.29, 1.82) is 0 Å². The van der Waals surface area contributed by atoms with Crippen LogP contribution in [0.2, 0.25) is 0 Å². The number of carbonyl (C=O) groups is 1. The Morgan fingerprint density at radius 1 is 1.43 bits per heavy atom. The summed E-state index contributed by atoms with van der Waals surface area (Å²) in [5.41, 5.74) is 1.72. The van der Waals surface area contributed by atoms with Crippen molar-refractivity contribution >= 4 is 34.1 Å². The second kappa shape index (κ2) is 9.03. The first-order chi connectivity index (χ1) is 13.5. The first kappa shape index (κ1) is 20.1. The minimum atomic E-state index is -0.373. The second-order valence-electron chi connectivity index (χ2n) is 5.95. The lowest BCUT2D eigenvalue weighted by atomic mass is 10.2. The van der Waals surface area contributed by atoms with Crippen LogP contribution < -0.4 is 10.1 Å². The van der Waals surface area contributed by atoms with Crippen LogP contribution in [-0.2, 0) is 11.3 Å². The number of thioether (sulfide) groups is 1. The van der Waals surface area contributed by atoms with Gasteiger partial charge in [-0.15, -0.1) is 28.1 Å². The Labute approximate surface area is 171 Å². The summed E-state index contributed by atoms with van der Waals surface area (Å²) < 4.78 is 7.37. The van der Waals surface area contributed by atoms with Gasteiger partial charge in [-0.2, -0.15) is 0 Å². The minimum Gasteiger partial charge on any atom is -0.496 e. The van der Waals surface area contributed by atoms with E-state index in [2.05, 4.69) is 27.1 Å². The molecule has 1 N–H and O–H groups in total. The standard InChI is InChI=1S/C19H21N5O2S2/c1-5-10-24-16(14-8-6-7-9-15(14)26-4)22-23-19(24)28-13(3)17(25)21-18-20-12(2)11-27-18/h5-9,11,13H,1,10H2,2-4H3,(H,20,21,25)/t13-/m1/s1. The number of carbonyl (C=O) groups excluding carboxylic acids is 1. The number of hydrogen-bond acceptors (Lipinski definition) is 7. The highest BCUT2D eigenvalue weighted by Gasteiger charge is 2.22. The number of ether oxygens (including phenoxy) is 1. The monoisotopic (exact) mass is 415 g/mol. The molecule has 0 aliphatic heterocycles. The molecule has 0 unspecified atom stereocenters. The van der Waals surface area contributed by atoms with Crippen LogP contribution in [0.5, 0.6) is 5.75 Å². The van der Waals surface area contributed by atoms with Crippen LogP contribution in [0.4, 0.5) is 5.13 Å². The van der Waals surface area contributed by atoms with Crippen LogP contribution in [0, 0.1) is 6.92 Å². The first-order valence-corrected chi connectivity index (χ1v) is 10.4. The maximum atomic E-state index is 12.5. The van der Waals surface area contributed by atoms with Gasteiger partial charge in [0.25, 0.3) is 0 Å². The van der Waals surface area contributed by atoms with Gasteiger partial charge in [-0.05, 0) is 26.0 Å². The Hall–Kier alpha value is -2.65. The van der Waals surface area contributed by atoms with Crippen LogP contribution in [0.25, 0.3) is 11.4 Å². The molecule has 2 aromatic heterocycles. The van der Waals surface area contributed by atoms with Crippen LogP contribution in [0.15, 0.2) is 47.5 Å². The fraction of sp³-hybridized carbons (Fsp3) is 0.263. The third-order valence-corrected chi connectivity index (χ3v) is 5.83. The number of rotatable bonds is 8. The van der Waals surface area contributed by atoms with Crippen LogP contribution in [0.1, 0.15) is 12.6 Å². The van der Waals surface area contributed by atoms with E-state index in [0.717, 1.165) is 11.3 Å². The number of methoxy groups -OCH3 is 1. The molecule has 7 nitrogen and oxygen atoms in total. The van der Waals surface area contributed by atoms with Crippen molar-refractivity contribution in [2.24, 2.45) is 0 Å². The Morgan fingerprint density at radius 3 is 2.89 bits per heavy atom. The number of anilines is 1. The average molecular weight is 416 g/mol. The van der Waals surface area contributed by atoms with E-state index in [-0.39, 0.29) is 11.2 Å². The van der Waals surface area contributed by atoms with Crippen molar-refractivity contribution in [2.75, 3.05) is 12.4 Å². The van der Waals surface area contributed by atoms with Gasteiger partial charge in [0.05, 0.1) is 23.6 Å². The fourth-order valence-corrected chi connectivity index (χ4v) is 4.08. The highest BCUT2D eigenvalue weighted by atomic mass is 32.2. The third kappa shape index (κ3) is 4.42. The fourth-order valence-electron chi connectivity index (χ4n) is 2.53. The van der Waals surface area contributed by atoms with Gasteiger partial charge in [0.2, 0.25) is 5.91 Å². The first-order valence-electron chi connectivity index (χ1n) is 8.60. The third-order valence-electron chi connectivity index (χ3n) is 3.88. The number of amides is 1. The van der Waals surface area contributed by atoms with Crippen LogP contribution in [-0.4, -0.2) is 38.0 Å². The molecule has 0 saturated heterocycles. The van der Waals surface area contributed by atoms with E-state index in [4.69, 9.17) is 4.74 Å². The molecule has 3 aromatic rings. The molecular weight excluding hydrogens is 394 g/mol. The van der Waals surface area contributed by atoms with Gasteiger partial charge in [-0.25, -0.2) is 4.98 Å². The molecule has 0 aliphatic carbocycles. The van der Waals surface area contributed by atoms with Crippen molar-refractivity contribution in [3.63, 3.8) is 0 Å². The second-order valence-corrected chi connectivity index (χ2v) is 8.12.